The van der Waals surface area contributed by atoms with E-state index in [0.717, 1.165) is 83.5 Å². The van der Waals surface area contributed by atoms with E-state index in [9.17, 15) is 0 Å². The van der Waals surface area contributed by atoms with E-state index >= 15 is 0 Å². The Balaban J connectivity index is 1.10. The van der Waals surface area contributed by atoms with Gasteiger partial charge < -0.3 is 0 Å². The van der Waals surface area contributed by atoms with E-state index in [1.54, 1.807) is 0 Å². The number of nitrogens with zero attached hydrogens (tertiary/aromatic N) is 4. The SMILES string of the molecule is Cc1cc(C)c2ccc3ccc(-c4cccc(-c5cccc(-c6cc(-c7ccccc7)nc(-c7ccc(-c8ccccc8)cc7)n6)c5)c4)nc3c2n1. The van der Waals surface area contributed by atoms with Gasteiger partial charge >= 0.3 is 0 Å². The van der Waals surface area contributed by atoms with Crippen molar-refractivity contribution in [2.75, 3.05) is 0 Å². The van der Waals surface area contributed by atoms with Crippen molar-refractivity contribution in [2.45, 2.75) is 13.8 Å². The van der Waals surface area contributed by atoms with Crippen LogP contribution in [0.25, 0.3) is 89.2 Å². The van der Waals surface area contributed by atoms with Crippen LogP contribution in [0.15, 0.2) is 170 Å². The highest BCUT2D eigenvalue weighted by Crippen LogP contribution is 2.33. The fraction of sp³-hybridized carbons (Fsp3) is 0.0417. The number of hydrogen-bond donors (Lipinski definition) is 0. The first-order valence-corrected chi connectivity index (χ1v) is 17.6. The minimum absolute atomic E-state index is 0.693. The maximum Gasteiger partial charge on any atom is 0.160 e. The molecule has 52 heavy (non-hydrogen) atoms. The third-order valence-corrected chi connectivity index (χ3v) is 9.67. The van der Waals surface area contributed by atoms with Crippen LogP contribution in [0.2, 0.25) is 0 Å². The summed E-state index contributed by atoms with van der Waals surface area (Å²) in [6.07, 6.45) is 0. The van der Waals surface area contributed by atoms with Crippen LogP contribution in [0.3, 0.4) is 0 Å². The lowest BCUT2D eigenvalue weighted by Gasteiger charge is -2.12. The van der Waals surface area contributed by atoms with Gasteiger partial charge in [-0.2, -0.15) is 0 Å². The smallest absolute Gasteiger partial charge is 0.160 e. The molecule has 9 rings (SSSR count). The molecule has 6 aromatic carbocycles. The van der Waals surface area contributed by atoms with E-state index in [1.165, 1.54) is 11.1 Å². The Morgan fingerprint density at radius 1 is 0.327 bits per heavy atom. The molecule has 0 aliphatic heterocycles. The van der Waals surface area contributed by atoms with Gasteiger partial charge in [-0.15, -0.1) is 0 Å². The lowest BCUT2D eigenvalue weighted by atomic mass is 9.98. The first-order valence-electron chi connectivity index (χ1n) is 17.6. The maximum atomic E-state index is 5.18. The van der Waals surface area contributed by atoms with Crippen molar-refractivity contribution in [1.82, 2.24) is 19.9 Å². The Labute approximate surface area is 303 Å². The standard InChI is InChI=1S/C48H34N4/c1-31-27-32(2)49-47-42(31)25-23-36-24-26-43(50-46(36)47)40-17-9-15-38(28-40)39-16-10-18-41(29-39)45-30-44(35-13-7-4-8-14-35)51-48(52-45)37-21-19-34(20-22-37)33-11-5-3-6-12-33/h3-30H,1-2H3. The van der Waals surface area contributed by atoms with Crippen LogP contribution in [0, 0.1) is 13.8 Å². The largest absolute Gasteiger partial charge is 0.251 e. The fourth-order valence-electron chi connectivity index (χ4n) is 7.01. The molecule has 0 unspecified atom stereocenters. The second kappa shape index (κ2) is 13.2. The summed E-state index contributed by atoms with van der Waals surface area (Å²) in [6.45, 7) is 4.18. The van der Waals surface area contributed by atoms with Gasteiger partial charge in [0.1, 0.15) is 0 Å². The third kappa shape index (κ3) is 6.01. The van der Waals surface area contributed by atoms with Gasteiger partial charge in [-0.3, -0.25) is 4.98 Å². The van der Waals surface area contributed by atoms with E-state index in [1.807, 2.05) is 31.2 Å². The normalized spacial score (nSPS) is 11.3. The zero-order valence-corrected chi connectivity index (χ0v) is 29.0. The van der Waals surface area contributed by atoms with E-state index < -0.39 is 0 Å². The Hall–Kier alpha value is -6.78. The van der Waals surface area contributed by atoms with Gasteiger partial charge in [0.2, 0.25) is 0 Å². The number of aromatic nitrogens is 4. The highest BCUT2D eigenvalue weighted by Gasteiger charge is 2.13. The highest BCUT2D eigenvalue weighted by atomic mass is 14.9. The van der Waals surface area contributed by atoms with Crippen molar-refractivity contribution in [3.05, 3.63) is 181 Å². The lowest BCUT2D eigenvalue weighted by molar-refractivity contribution is 1.18. The van der Waals surface area contributed by atoms with Crippen molar-refractivity contribution < 1.29 is 0 Å². The van der Waals surface area contributed by atoms with Crippen LogP contribution in [0.1, 0.15) is 11.3 Å². The molecule has 0 bridgehead atoms. The van der Waals surface area contributed by atoms with Gasteiger partial charge in [-0.1, -0.05) is 140 Å². The third-order valence-electron chi connectivity index (χ3n) is 9.67. The van der Waals surface area contributed by atoms with Crippen LogP contribution in [-0.4, -0.2) is 19.9 Å². The van der Waals surface area contributed by atoms with Crippen LogP contribution in [-0.2, 0) is 0 Å². The monoisotopic (exact) mass is 666 g/mol. The minimum Gasteiger partial charge on any atom is -0.251 e. The van der Waals surface area contributed by atoms with E-state index in [-0.39, 0.29) is 0 Å². The second-order valence-corrected chi connectivity index (χ2v) is 13.2. The van der Waals surface area contributed by atoms with Crippen LogP contribution >= 0.6 is 0 Å². The first-order chi connectivity index (χ1) is 25.6. The minimum atomic E-state index is 0.693. The number of aryl methyl sites for hydroxylation is 2. The van der Waals surface area contributed by atoms with Gasteiger partial charge in [0.15, 0.2) is 5.82 Å². The molecule has 0 aliphatic carbocycles. The molecule has 246 valence electrons. The van der Waals surface area contributed by atoms with Crippen molar-refractivity contribution >= 4 is 21.8 Å². The summed E-state index contributed by atoms with van der Waals surface area (Å²) in [7, 11) is 0. The number of pyridine rings is 2. The molecule has 0 saturated heterocycles. The lowest BCUT2D eigenvalue weighted by Crippen LogP contribution is -1.96. The molecule has 0 fully saturated rings. The topological polar surface area (TPSA) is 51.6 Å². The summed E-state index contributed by atoms with van der Waals surface area (Å²) in [5, 5.41) is 2.23. The maximum absolute atomic E-state index is 5.18. The molecule has 0 atom stereocenters. The molecular formula is C48H34N4. The van der Waals surface area contributed by atoms with Crippen molar-refractivity contribution in [3.8, 4) is 67.4 Å². The summed E-state index contributed by atoms with van der Waals surface area (Å²) in [4.78, 5) is 20.3. The van der Waals surface area contributed by atoms with Gasteiger partial charge in [0.25, 0.3) is 0 Å². The zero-order valence-electron chi connectivity index (χ0n) is 29.0. The Kier molecular flexibility index (Phi) is 7.90. The van der Waals surface area contributed by atoms with E-state index in [0.29, 0.717) is 5.82 Å². The molecule has 3 heterocycles. The number of hydrogen-bond acceptors (Lipinski definition) is 4. The summed E-state index contributed by atoms with van der Waals surface area (Å²) in [6, 6.07) is 59.2. The molecule has 0 spiro atoms. The highest BCUT2D eigenvalue weighted by molar-refractivity contribution is 6.04. The van der Waals surface area contributed by atoms with Gasteiger partial charge in [-0.05, 0) is 72.0 Å². The first kappa shape index (κ1) is 31.2. The molecule has 4 nitrogen and oxygen atoms in total. The molecule has 0 N–H and O–H groups in total. The van der Waals surface area contributed by atoms with E-state index in [4.69, 9.17) is 19.9 Å². The molecule has 4 heteroatoms. The zero-order chi connectivity index (χ0) is 35.0. The molecule has 0 saturated carbocycles. The van der Waals surface area contributed by atoms with Crippen LogP contribution < -0.4 is 0 Å². The average molecular weight is 667 g/mol. The van der Waals surface area contributed by atoms with Gasteiger partial charge in [0, 0.05) is 38.7 Å². The predicted molar refractivity (Wildman–Crippen MR) is 215 cm³/mol. The van der Waals surface area contributed by atoms with Crippen molar-refractivity contribution in [2.24, 2.45) is 0 Å². The molecular weight excluding hydrogens is 633 g/mol. The number of fused-ring (bicyclic) bond motifs is 3. The summed E-state index contributed by atoms with van der Waals surface area (Å²) in [5.74, 6) is 0.693. The Morgan fingerprint density at radius 2 is 0.865 bits per heavy atom. The number of rotatable bonds is 6. The van der Waals surface area contributed by atoms with Crippen molar-refractivity contribution in [1.29, 1.82) is 0 Å². The second-order valence-electron chi connectivity index (χ2n) is 13.2. The summed E-state index contributed by atoms with van der Waals surface area (Å²) >= 11 is 0. The molecule has 0 aliphatic rings. The van der Waals surface area contributed by atoms with Gasteiger partial charge in [-0.25, -0.2) is 15.0 Å². The number of benzene rings is 6. The Bertz CT molecular complexity index is 2740. The summed E-state index contributed by atoms with van der Waals surface area (Å²) < 4.78 is 0. The fourth-order valence-corrected chi connectivity index (χ4v) is 7.01. The average Bonchev–Trinajstić information content (AvgIpc) is 3.21. The summed E-state index contributed by atoms with van der Waals surface area (Å²) in [5.41, 5.74) is 15.4. The molecule has 0 radical (unpaired) electrons. The van der Waals surface area contributed by atoms with Crippen LogP contribution in [0.5, 0.6) is 0 Å². The van der Waals surface area contributed by atoms with Crippen molar-refractivity contribution in [3.63, 3.8) is 0 Å². The quantitative estimate of drug-likeness (QED) is 0.166. The molecule has 0 amide bonds. The van der Waals surface area contributed by atoms with E-state index in [2.05, 4.69) is 153 Å². The molecule has 9 aromatic rings. The van der Waals surface area contributed by atoms with Gasteiger partial charge in [0.05, 0.1) is 28.1 Å². The Morgan fingerprint density at radius 3 is 1.56 bits per heavy atom. The predicted octanol–water partition coefficient (Wildman–Crippen LogP) is 12.2. The molecule has 3 aromatic heterocycles. The van der Waals surface area contributed by atoms with Crippen LogP contribution in [0.4, 0.5) is 0 Å².